The van der Waals surface area contributed by atoms with Gasteiger partial charge in [0.2, 0.25) is 5.13 Å². The summed E-state index contributed by atoms with van der Waals surface area (Å²) in [6, 6.07) is 16.5. The van der Waals surface area contributed by atoms with Crippen molar-refractivity contribution in [3.8, 4) is 17.0 Å². The zero-order valence-corrected chi connectivity index (χ0v) is 17.6. The molecule has 0 aliphatic heterocycles. The van der Waals surface area contributed by atoms with E-state index in [0.717, 1.165) is 46.4 Å². The topological polar surface area (TPSA) is 46.5 Å². The van der Waals surface area contributed by atoms with Gasteiger partial charge in [0.1, 0.15) is 5.75 Å². The van der Waals surface area contributed by atoms with E-state index in [1.165, 1.54) is 18.4 Å². The fraction of sp³-hybridized carbons (Fsp3) is 0.304. The van der Waals surface area contributed by atoms with E-state index in [0.29, 0.717) is 0 Å². The third-order valence-corrected chi connectivity index (χ3v) is 5.21. The number of hydrogen-bond donors (Lipinski definition) is 1. The van der Waals surface area contributed by atoms with E-state index in [1.54, 1.807) is 11.3 Å². The number of thiazole rings is 1. The van der Waals surface area contributed by atoms with Crippen molar-refractivity contribution in [2.24, 2.45) is 5.10 Å². The molecule has 28 heavy (non-hydrogen) atoms. The quantitative estimate of drug-likeness (QED) is 0.256. The second kappa shape index (κ2) is 10.0. The molecule has 0 spiro atoms. The molecule has 3 rings (SSSR count). The van der Waals surface area contributed by atoms with Gasteiger partial charge in [-0.05, 0) is 50.1 Å². The molecule has 0 bridgehead atoms. The standard InChI is InChI=1S/C23H27N3OS/c1-4-5-6-15-27-21-13-11-19(12-14-21)18(3)25-26-23-24-22(16-28-23)20-9-7-17(2)8-10-20/h7-14,16H,4-6,15H2,1-3H3,(H,24,26). The molecule has 4 nitrogen and oxygen atoms in total. The maximum atomic E-state index is 5.76. The lowest BCUT2D eigenvalue weighted by Gasteiger charge is -2.07. The molecule has 1 N–H and O–H groups in total. The average Bonchev–Trinajstić information content (AvgIpc) is 3.19. The third-order valence-electron chi connectivity index (χ3n) is 4.46. The Kier molecular flexibility index (Phi) is 7.20. The van der Waals surface area contributed by atoms with Crippen molar-refractivity contribution in [3.63, 3.8) is 0 Å². The minimum absolute atomic E-state index is 0.773. The molecule has 1 heterocycles. The molecule has 0 aliphatic carbocycles. The number of benzene rings is 2. The monoisotopic (exact) mass is 393 g/mol. The fourth-order valence-electron chi connectivity index (χ4n) is 2.71. The number of unbranched alkanes of at least 4 members (excludes halogenated alkanes) is 2. The molecule has 0 fully saturated rings. The molecule has 1 aromatic heterocycles. The molecule has 0 amide bonds. The van der Waals surface area contributed by atoms with Crippen LogP contribution >= 0.6 is 11.3 Å². The molecule has 0 saturated heterocycles. The maximum absolute atomic E-state index is 5.76. The maximum Gasteiger partial charge on any atom is 0.203 e. The van der Waals surface area contributed by atoms with Crippen molar-refractivity contribution < 1.29 is 4.74 Å². The number of anilines is 1. The van der Waals surface area contributed by atoms with Gasteiger partial charge < -0.3 is 4.74 Å². The van der Waals surface area contributed by atoms with Crippen molar-refractivity contribution in [3.05, 3.63) is 65.0 Å². The van der Waals surface area contributed by atoms with Gasteiger partial charge in [-0.1, -0.05) is 49.6 Å². The fourth-order valence-corrected chi connectivity index (χ4v) is 3.37. The Morgan fingerprint density at radius 1 is 1.07 bits per heavy atom. The van der Waals surface area contributed by atoms with Crippen LogP contribution < -0.4 is 10.2 Å². The highest BCUT2D eigenvalue weighted by atomic mass is 32.1. The largest absolute Gasteiger partial charge is 0.494 e. The molecular formula is C23H27N3OS. The van der Waals surface area contributed by atoms with Crippen LogP contribution in [0.3, 0.4) is 0 Å². The molecule has 5 heteroatoms. The first-order chi connectivity index (χ1) is 13.7. The molecule has 0 unspecified atom stereocenters. The van der Waals surface area contributed by atoms with Crippen LogP contribution in [-0.2, 0) is 0 Å². The lowest BCUT2D eigenvalue weighted by molar-refractivity contribution is 0.306. The van der Waals surface area contributed by atoms with Gasteiger partial charge in [0.05, 0.1) is 18.0 Å². The van der Waals surface area contributed by atoms with Crippen LogP contribution in [0, 0.1) is 6.92 Å². The first kappa shape index (κ1) is 20.1. The zero-order chi connectivity index (χ0) is 19.8. The van der Waals surface area contributed by atoms with E-state index in [2.05, 4.69) is 53.6 Å². The van der Waals surface area contributed by atoms with Crippen molar-refractivity contribution >= 4 is 22.2 Å². The number of nitrogens with one attached hydrogen (secondary N) is 1. The highest BCUT2D eigenvalue weighted by Crippen LogP contribution is 2.25. The highest BCUT2D eigenvalue weighted by molar-refractivity contribution is 7.14. The van der Waals surface area contributed by atoms with Crippen LogP contribution in [0.25, 0.3) is 11.3 Å². The smallest absolute Gasteiger partial charge is 0.203 e. The summed E-state index contributed by atoms with van der Waals surface area (Å²) in [4.78, 5) is 4.62. The van der Waals surface area contributed by atoms with Crippen molar-refractivity contribution in [2.45, 2.75) is 40.0 Å². The van der Waals surface area contributed by atoms with Gasteiger partial charge >= 0.3 is 0 Å². The number of nitrogens with zero attached hydrogens (tertiary/aromatic N) is 2. The summed E-state index contributed by atoms with van der Waals surface area (Å²) >= 11 is 1.55. The van der Waals surface area contributed by atoms with Gasteiger partial charge in [-0.2, -0.15) is 5.10 Å². The molecule has 2 aromatic carbocycles. The van der Waals surface area contributed by atoms with Crippen molar-refractivity contribution in [1.82, 2.24) is 4.98 Å². The Labute approximate surface area is 171 Å². The van der Waals surface area contributed by atoms with Crippen LogP contribution in [0.15, 0.2) is 59.0 Å². The molecule has 0 saturated carbocycles. The Balaban J connectivity index is 1.57. The lowest BCUT2D eigenvalue weighted by Crippen LogP contribution is -2.01. The minimum Gasteiger partial charge on any atom is -0.494 e. The predicted octanol–water partition coefficient (Wildman–Crippen LogP) is 6.52. The Bertz CT molecular complexity index is 898. The second-order valence-electron chi connectivity index (χ2n) is 6.79. The first-order valence-corrected chi connectivity index (χ1v) is 10.6. The summed E-state index contributed by atoms with van der Waals surface area (Å²) in [5.41, 5.74) is 8.36. The number of hydrazone groups is 1. The van der Waals surface area contributed by atoms with Gasteiger partial charge in [-0.25, -0.2) is 4.98 Å². The van der Waals surface area contributed by atoms with Gasteiger partial charge in [0.15, 0.2) is 0 Å². The lowest BCUT2D eigenvalue weighted by atomic mass is 10.1. The van der Waals surface area contributed by atoms with E-state index < -0.39 is 0 Å². The summed E-state index contributed by atoms with van der Waals surface area (Å²) < 4.78 is 5.76. The van der Waals surface area contributed by atoms with Gasteiger partial charge in [0, 0.05) is 10.9 Å². The number of hydrogen-bond acceptors (Lipinski definition) is 5. The van der Waals surface area contributed by atoms with Crippen LogP contribution in [-0.4, -0.2) is 17.3 Å². The third kappa shape index (κ3) is 5.67. The van der Waals surface area contributed by atoms with Crippen molar-refractivity contribution in [1.29, 1.82) is 0 Å². The summed E-state index contributed by atoms with van der Waals surface area (Å²) in [6.45, 7) is 7.04. The van der Waals surface area contributed by atoms with E-state index in [4.69, 9.17) is 4.74 Å². The SMILES string of the molecule is CCCCCOc1ccc(C(C)=NNc2nc(-c3ccc(C)cc3)cs2)cc1. The van der Waals surface area contributed by atoms with Crippen LogP contribution in [0.5, 0.6) is 5.75 Å². The number of aromatic nitrogens is 1. The summed E-state index contributed by atoms with van der Waals surface area (Å²) in [7, 11) is 0. The molecule has 0 atom stereocenters. The number of ether oxygens (including phenoxy) is 1. The van der Waals surface area contributed by atoms with Crippen LogP contribution in [0.2, 0.25) is 0 Å². The highest BCUT2D eigenvalue weighted by Gasteiger charge is 2.05. The predicted molar refractivity (Wildman–Crippen MR) is 120 cm³/mol. The summed E-state index contributed by atoms with van der Waals surface area (Å²) in [6.07, 6.45) is 3.51. The van der Waals surface area contributed by atoms with E-state index in [1.807, 2.05) is 36.6 Å². The van der Waals surface area contributed by atoms with Gasteiger partial charge in [0.25, 0.3) is 0 Å². The molecule has 146 valence electrons. The number of rotatable bonds is 9. The second-order valence-corrected chi connectivity index (χ2v) is 7.65. The Morgan fingerprint density at radius 2 is 1.82 bits per heavy atom. The molecule has 0 radical (unpaired) electrons. The first-order valence-electron chi connectivity index (χ1n) is 9.72. The minimum atomic E-state index is 0.773. The van der Waals surface area contributed by atoms with Gasteiger partial charge in [-0.3, -0.25) is 5.43 Å². The van der Waals surface area contributed by atoms with Crippen LogP contribution in [0.1, 0.15) is 44.2 Å². The van der Waals surface area contributed by atoms with Crippen LogP contribution in [0.4, 0.5) is 5.13 Å². The van der Waals surface area contributed by atoms with E-state index in [-0.39, 0.29) is 0 Å². The molecule has 3 aromatic rings. The Morgan fingerprint density at radius 3 is 2.54 bits per heavy atom. The van der Waals surface area contributed by atoms with Crippen molar-refractivity contribution in [2.75, 3.05) is 12.0 Å². The van der Waals surface area contributed by atoms with Gasteiger partial charge in [-0.15, -0.1) is 11.3 Å². The van der Waals surface area contributed by atoms with E-state index >= 15 is 0 Å². The number of aryl methyl sites for hydroxylation is 1. The molecular weight excluding hydrogens is 366 g/mol. The Hall–Kier alpha value is -2.66. The zero-order valence-electron chi connectivity index (χ0n) is 16.7. The molecule has 0 aliphatic rings. The summed E-state index contributed by atoms with van der Waals surface area (Å²) in [5, 5.41) is 7.30. The normalized spacial score (nSPS) is 11.5. The average molecular weight is 394 g/mol. The van der Waals surface area contributed by atoms with E-state index in [9.17, 15) is 0 Å². The summed E-state index contributed by atoms with van der Waals surface area (Å²) in [5.74, 6) is 0.906.